The molecule has 0 radical (unpaired) electrons. The van der Waals surface area contributed by atoms with Gasteiger partial charge in [0, 0.05) is 18.8 Å². The number of amides is 2. The van der Waals surface area contributed by atoms with E-state index in [1.807, 2.05) is 0 Å². The fourth-order valence-corrected chi connectivity index (χ4v) is 3.79. The van der Waals surface area contributed by atoms with Gasteiger partial charge in [-0.15, -0.1) is 0 Å². The molecule has 33 heavy (non-hydrogen) atoms. The van der Waals surface area contributed by atoms with Gasteiger partial charge in [-0.25, -0.2) is 19.3 Å². The number of nitrogens with zero attached hydrogens (tertiary/aromatic N) is 6. The van der Waals surface area contributed by atoms with Crippen LogP contribution in [0.15, 0.2) is 29.6 Å². The lowest BCUT2D eigenvalue weighted by Crippen LogP contribution is -2.46. The summed E-state index contributed by atoms with van der Waals surface area (Å²) in [6.07, 6.45) is -0.163. The van der Waals surface area contributed by atoms with E-state index in [4.69, 9.17) is 28.6 Å². The molecule has 0 spiro atoms. The Hall–Kier alpha value is -3.45. The van der Waals surface area contributed by atoms with Crippen molar-refractivity contribution in [2.75, 3.05) is 22.2 Å². The van der Waals surface area contributed by atoms with Crippen molar-refractivity contribution in [2.24, 2.45) is 5.10 Å². The summed E-state index contributed by atoms with van der Waals surface area (Å²) in [5, 5.41) is 17.0. The lowest BCUT2D eigenvalue weighted by atomic mass is 9.88. The third-order valence-electron chi connectivity index (χ3n) is 5.00. The van der Waals surface area contributed by atoms with Gasteiger partial charge in [0.2, 0.25) is 0 Å². The molecule has 0 saturated heterocycles. The van der Waals surface area contributed by atoms with Crippen LogP contribution < -0.4 is 15.6 Å². The van der Waals surface area contributed by atoms with Gasteiger partial charge in [-0.1, -0.05) is 23.2 Å². The molecule has 15 heteroatoms. The Kier molecular flexibility index (Phi) is 5.62. The van der Waals surface area contributed by atoms with E-state index in [9.17, 15) is 18.0 Å². The van der Waals surface area contributed by atoms with E-state index in [-0.39, 0.29) is 38.7 Å². The fourth-order valence-electron chi connectivity index (χ4n) is 3.41. The highest BCUT2D eigenvalue weighted by atomic mass is 35.5. The minimum Gasteiger partial charge on any atom is -0.307 e. The summed E-state index contributed by atoms with van der Waals surface area (Å²) >= 11 is 12.0. The second-order valence-corrected chi connectivity index (χ2v) is 7.98. The molecule has 0 aliphatic carbocycles. The minimum absolute atomic E-state index is 0.0253. The highest BCUT2D eigenvalue weighted by molar-refractivity contribution is 6.33. The number of halogens is 5. The minimum atomic E-state index is -4.70. The lowest BCUT2D eigenvalue weighted by molar-refractivity contribution is -0.181. The predicted molar refractivity (Wildman–Crippen MR) is 118 cm³/mol. The van der Waals surface area contributed by atoms with Crippen LogP contribution in [-0.2, 0) is 5.41 Å². The van der Waals surface area contributed by atoms with Crippen molar-refractivity contribution >= 4 is 64.5 Å². The maximum atomic E-state index is 14.1. The van der Waals surface area contributed by atoms with Crippen LogP contribution in [0.2, 0.25) is 10.2 Å². The number of alkyl halides is 3. The van der Waals surface area contributed by atoms with E-state index in [0.29, 0.717) is 0 Å². The van der Waals surface area contributed by atoms with E-state index < -0.39 is 24.2 Å². The van der Waals surface area contributed by atoms with Crippen molar-refractivity contribution < 1.29 is 18.0 Å². The summed E-state index contributed by atoms with van der Waals surface area (Å²) in [6.45, 7) is 0.289. The van der Waals surface area contributed by atoms with Crippen LogP contribution in [0.1, 0.15) is 12.6 Å². The first-order valence-corrected chi connectivity index (χ1v) is 9.94. The van der Waals surface area contributed by atoms with Crippen molar-refractivity contribution in [3.8, 4) is 0 Å². The summed E-state index contributed by atoms with van der Waals surface area (Å²) in [6, 6.07) is 1.84. The Balaban J connectivity index is 1.67. The van der Waals surface area contributed by atoms with Gasteiger partial charge in [0.15, 0.2) is 16.6 Å². The highest BCUT2D eigenvalue weighted by Gasteiger charge is 2.60. The summed E-state index contributed by atoms with van der Waals surface area (Å²) in [5.74, 6) is 0.158. The smallest absolute Gasteiger partial charge is 0.307 e. The normalized spacial score (nSPS) is 18.1. The number of urea groups is 1. The van der Waals surface area contributed by atoms with Crippen LogP contribution in [0.5, 0.6) is 0 Å². The number of carbonyl (C=O) groups is 1. The van der Waals surface area contributed by atoms with Gasteiger partial charge in [0.05, 0.1) is 40.7 Å². The Morgan fingerprint density at radius 1 is 1.30 bits per heavy atom. The third-order valence-corrected chi connectivity index (χ3v) is 5.48. The van der Waals surface area contributed by atoms with E-state index >= 15 is 0 Å². The van der Waals surface area contributed by atoms with E-state index in [0.717, 1.165) is 28.8 Å². The van der Waals surface area contributed by atoms with Gasteiger partial charge < -0.3 is 10.7 Å². The molecule has 1 aliphatic heterocycles. The number of fused-ring (bicyclic) bond motifs is 3. The number of hydrazone groups is 1. The molecule has 0 saturated carbocycles. The Labute approximate surface area is 193 Å². The molecule has 3 N–H and O–H groups in total. The van der Waals surface area contributed by atoms with Crippen LogP contribution in [0.25, 0.3) is 5.65 Å². The molecule has 4 rings (SSSR count). The zero-order valence-electron chi connectivity index (χ0n) is 16.7. The molecule has 0 aromatic carbocycles. The number of rotatable bonds is 4. The zero-order valence-corrected chi connectivity index (χ0v) is 18.2. The maximum absolute atomic E-state index is 14.1. The van der Waals surface area contributed by atoms with Gasteiger partial charge in [-0.05, 0) is 13.0 Å². The number of aromatic nitrogens is 4. The van der Waals surface area contributed by atoms with Crippen LogP contribution >= 0.6 is 23.2 Å². The molecule has 1 atom stereocenters. The molecule has 172 valence electrons. The molecule has 3 aromatic heterocycles. The molecule has 3 aromatic rings. The molecular formula is C18H14Cl2F3N9O. The van der Waals surface area contributed by atoms with Crippen LogP contribution in [0, 0.1) is 5.41 Å². The van der Waals surface area contributed by atoms with Gasteiger partial charge in [0.25, 0.3) is 0 Å². The zero-order chi connectivity index (χ0) is 24.0. The van der Waals surface area contributed by atoms with Crippen molar-refractivity contribution in [3.63, 3.8) is 0 Å². The molecule has 2 amide bonds. The second kappa shape index (κ2) is 8.15. The third kappa shape index (κ3) is 3.93. The quantitative estimate of drug-likeness (QED) is 0.363. The largest absolute Gasteiger partial charge is 0.401 e. The van der Waals surface area contributed by atoms with Crippen LogP contribution in [0.4, 0.5) is 35.2 Å². The maximum Gasteiger partial charge on any atom is 0.401 e. The number of anilines is 3. The van der Waals surface area contributed by atoms with E-state index in [1.165, 1.54) is 24.5 Å². The van der Waals surface area contributed by atoms with Crippen LogP contribution in [-0.4, -0.2) is 50.8 Å². The first kappa shape index (κ1) is 22.7. The average molecular weight is 500 g/mol. The first-order chi connectivity index (χ1) is 15.5. The SMILES string of the molecule is C[C@@]1(C(F)(F)F)CN(C(=O)Nc2cnc(N/N=C\C=N)c(Cl)c2)c2cnc3cc(Cl)nn3c21. The van der Waals surface area contributed by atoms with Gasteiger partial charge in [-0.2, -0.15) is 23.4 Å². The Bertz CT molecular complexity index is 1290. The van der Waals surface area contributed by atoms with Crippen molar-refractivity contribution in [2.45, 2.75) is 18.5 Å². The summed E-state index contributed by atoms with van der Waals surface area (Å²) in [4.78, 5) is 22.0. The van der Waals surface area contributed by atoms with Crippen molar-refractivity contribution in [3.05, 3.63) is 40.4 Å². The van der Waals surface area contributed by atoms with E-state index in [2.05, 4.69) is 30.9 Å². The standard InChI is InChI=1S/C18H14Cl2F3N9O/c1-17(18(21,22)23)8-31(11-7-25-13-5-12(20)30-32(13)14(11)17)16(33)28-9-4-10(19)15(26-6-9)29-27-3-2-24/h2-7,24H,8H2,1H3,(H,26,29)(H,28,33)/b24-2?,27-3-/t17-/m1/s1. The monoisotopic (exact) mass is 499 g/mol. The summed E-state index contributed by atoms with van der Waals surface area (Å²) < 4.78 is 43.4. The second-order valence-electron chi connectivity index (χ2n) is 7.19. The van der Waals surface area contributed by atoms with Gasteiger partial charge in [-0.3, -0.25) is 10.3 Å². The topological polar surface area (TPSA) is 124 Å². The van der Waals surface area contributed by atoms with Crippen molar-refractivity contribution in [1.82, 2.24) is 19.6 Å². The molecule has 10 nitrogen and oxygen atoms in total. The van der Waals surface area contributed by atoms with Gasteiger partial charge >= 0.3 is 12.2 Å². The first-order valence-electron chi connectivity index (χ1n) is 9.19. The lowest BCUT2D eigenvalue weighted by Gasteiger charge is -2.28. The van der Waals surface area contributed by atoms with Crippen molar-refractivity contribution in [1.29, 1.82) is 5.41 Å². The Morgan fingerprint density at radius 3 is 2.73 bits per heavy atom. The number of hydrogen-bond donors (Lipinski definition) is 3. The van der Waals surface area contributed by atoms with Crippen LogP contribution in [0.3, 0.4) is 0 Å². The molecule has 4 heterocycles. The molecular weight excluding hydrogens is 486 g/mol. The number of pyridine rings is 1. The number of nitrogens with one attached hydrogen (secondary N) is 3. The average Bonchev–Trinajstić information content (AvgIpc) is 3.27. The number of hydrogen-bond acceptors (Lipinski definition) is 7. The summed E-state index contributed by atoms with van der Waals surface area (Å²) in [5.41, 5.74) is 0.0471. The van der Waals surface area contributed by atoms with E-state index in [1.54, 1.807) is 0 Å². The number of carbonyl (C=O) groups excluding carboxylic acids is 1. The molecule has 0 bridgehead atoms. The molecule has 1 aliphatic rings. The predicted octanol–water partition coefficient (Wildman–Crippen LogP) is 4.35. The molecule has 0 fully saturated rings. The van der Waals surface area contributed by atoms with Gasteiger partial charge in [0.1, 0.15) is 5.41 Å². The fraction of sp³-hybridized carbons (Fsp3) is 0.222. The highest BCUT2D eigenvalue weighted by Crippen LogP contribution is 2.50. The molecule has 0 unspecified atom stereocenters. The Morgan fingerprint density at radius 2 is 2.06 bits per heavy atom. The summed E-state index contributed by atoms with van der Waals surface area (Å²) in [7, 11) is 0.